The minimum atomic E-state index is -1.08. The maximum absolute atomic E-state index is 12.4. The Morgan fingerprint density at radius 2 is 2.19 bits per heavy atom. The fraction of sp³-hybridized carbons (Fsp3) is 0.706. The van der Waals surface area contributed by atoms with Crippen LogP contribution in [-0.2, 0) is 9.59 Å². The minimum Gasteiger partial charge on any atom is -0.477 e. The molecule has 3 rings (SSSR count). The molecule has 0 bridgehead atoms. The Hall–Kier alpha value is -1.42. The number of hydrogen-bond acceptors (Lipinski definition) is 7. The van der Waals surface area contributed by atoms with Crippen molar-refractivity contribution in [2.75, 3.05) is 27.2 Å². The Bertz CT molecular complexity index is 676. The summed E-state index contributed by atoms with van der Waals surface area (Å²) in [6, 6.07) is -0.256. The largest absolute Gasteiger partial charge is 0.477 e. The summed E-state index contributed by atoms with van der Waals surface area (Å²) < 4.78 is 0. The maximum atomic E-state index is 12.4. The van der Waals surface area contributed by atoms with Crippen LogP contribution in [-0.4, -0.2) is 82.3 Å². The fourth-order valence-corrected chi connectivity index (χ4v) is 5.37. The van der Waals surface area contributed by atoms with Crippen molar-refractivity contribution in [3.63, 3.8) is 0 Å². The number of aliphatic hydroxyl groups excluding tert-OH is 1. The summed E-state index contributed by atoms with van der Waals surface area (Å²) in [6.45, 7) is 4.87. The van der Waals surface area contributed by atoms with Crippen molar-refractivity contribution in [2.24, 2.45) is 16.8 Å². The number of carboxylic acid groups (broad SMARTS) is 1. The monoisotopic (exact) mass is 382 g/mol. The fourth-order valence-electron chi connectivity index (χ4n) is 3.94. The summed E-state index contributed by atoms with van der Waals surface area (Å²) >= 11 is 1.53. The van der Waals surface area contributed by atoms with Crippen molar-refractivity contribution in [1.82, 2.24) is 15.3 Å². The lowest BCUT2D eigenvalue weighted by molar-refractivity contribution is -0.163. The van der Waals surface area contributed by atoms with Crippen molar-refractivity contribution in [3.05, 3.63) is 10.6 Å². The smallest absolute Gasteiger partial charge is 0.353 e. The molecule has 3 heterocycles. The van der Waals surface area contributed by atoms with Crippen LogP contribution in [0.1, 0.15) is 20.3 Å². The Balaban J connectivity index is 1.71. The van der Waals surface area contributed by atoms with Crippen LogP contribution in [0.25, 0.3) is 0 Å². The molecular weight excluding hydrogens is 356 g/mol. The van der Waals surface area contributed by atoms with Crippen molar-refractivity contribution in [3.8, 4) is 0 Å². The number of β-lactam (4-membered cyclic amide) rings is 1. The second kappa shape index (κ2) is 7.30. The van der Waals surface area contributed by atoms with Crippen LogP contribution in [0.5, 0.6) is 0 Å². The van der Waals surface area contributed by atoms with Gasteiger partial charge in [0, 0.05) is 48.8 Å². The molecule has 0 saturated carbocycles. The van der Waals surface area contributed by atoms with Gasteiger partial charge >= 0.3 is 5.97 Å². The number of amides is 1. The van der Waals surface area contributed by atoms with Crippen LogP contribution in [0.3, 0.4) is 0 Å². The standard InChI is InChI=1S/C17H26N4O4S/c1-8-13-12(9(2)22)16(23)21(13)14(17(24)25)15(8)26-11-5-10(18-7-11)6-19-20(3)4/h8-9,11-13,19,22H,5-7H2,1-4H3,(H,24,25). The topological polar surface area (TPSA) is 105 Å². The van der Waals surface area contributed by atoms with Gasteiger partial charge in [0.25, 0.3) is 0 Å². The van der Waals surface area contributed by atoms with Crippen LogP contribution in [0.4, 0.5) is 0 Å². The first-order valence-electron chi connectivity index (χ1n) is 8.80. The Labute approximate surface area is 157 Å². The van der Waals surface area contributed by atoms with E-state index in [0.717, 1.165) is 17.0 Å². The molecule has 144 valence electrons. The highest BCUT2D eigenvalue weighted by Gasteiger charge is 2.60. The number of hydrogen-bond donors (Lipinski definition) is 3. The van der Waals surface area contributed by atoms with E-state index in [9.17, 15) is 19.8 Å². The van der Waals surface area contributed by atoms with E-state index in [0.29, 0.717) is 13.1 Å². The highest BCUT2D eigenvalue weighted by molar-refractivity contribution is 8.03. The number of hydrazine groups is 1. The molecule has 0 radical (unpaired) electrons. The number of carbonyl (C=O) groups is 2. The molecule has 8 nitrogen and oxygen atoms in total. The Morgan fingerprint density at radius 1 is 1.50 bits per heavy atom. The zero-order chi connectivity index (χ0) is 19.2. The second-order valence-corrected chi connectivity index (χ2v) is 8.69. The summed E-state index contributed by atoms with van der Waals surface area (Å²) in [6.07, 6.45) is 0.0247. The van der Waals surface area contributed by atoms with E-state index in [1.165, 1.54) is 16.7 Å². The number of nitrogens with zero attached hydrogens (tertiary/aromatic N) is 3. The number of thioether (sulfide) groups is 1. The van der Waals surface area contributed by atoms with Crippen molar-refractivity contribution in [1.29, 1.82) is 0 Å². The lowest BCUT2D eigenvalue weighted by atomic mass is 9.79. The summed E-state index contributed by atoms with van der Waals surface area (Å²) in [7, 11) is 3.84. The summed E-state index contributed by atoms with van der Waals surface area (Å²) in [4.78, 5) is 30.8. The van der Waals surface area contributed by atoms with Gasteiger partial charge in [-0.25, -0.2) is 4.79 Å². The van der Waals surface area contributed by atoms with Crippen LogP contribution in [0.2, 0.25) is 0 Å². The van der Waals surface area contributed by atoms with Crippen molar-refractivity contribution < 1.29 is 19.8 Å². The zero-order valence-corrected chi connectivity index (χ0v) is 16.3. The molecule has 3 N–H and O–H groups in total. The molecule has 26 heavy (non-hydrogen) atoms. The lowest BCUT2D eigenvalue weighted by Crippen LogP contribution is -2.63. The van der Waals surface area contributed by atoms with E-state index in [-0.39, 0.29) is 28.8 Å². The zero-order valence-electron chi connectivity index (χ0n) is 15.5. The molecule has 1 fully saturated rings. The quantitative estimate of drug-likeness (QED) is 0.425. The molecule has 9 heteroatoms. The van der Waals surface area contributed by atoms with E-state index < -0.39 is 18.0 Å². The molecule has 1 saturated heterocycles. The van der Waals surface area contributed by atoms with Gasteiger partial charge < -0.3 is 15.1 Å². The minimum absolute atomic E-state index is 0.0904. The summed E-state index contributed by atoms with van der Waals surface area (Å²) in [5.74, 6) is -1.97. The number of rotatable bonds is 7. The van der Waals surface area contributed by atoms with Gasteiger partial charge in [-0.05, 0) is 6.92 Å². The molecule has 0 aliphatic carbocycles. The molecule has 0 spiro atoms. The maximum Gasteiger partial charge on any atom is 0.353 e. The molecule has 5 atom stereocenters. The highest BCUT2D eigenvalue weighted by Crippen LogP contribution is 2.51. The third kappa shape index (κ3) is 3.28. The number of carbonyl (C=O) groups excluding carboxylic acids is 1. The molecule has 3 aliphatic heterocycles. The van der Waals surface area contributed by atoms with E-state index in [1.807, 2.05) is 26.0 Å². The predicted octanol–water partition coefficient (Wildman–Crippen LogP) is 0.153. The predicted molar refractivity (Wildman–Crippen MR) is 99.6 cm³/mol. The molecule has 0 aromatic carbocycles. The molecule has 3 aliphatic rings. The van der Waals surface area contributed by atoms with Crippen molar-refractivity contribution >= 4 is 29.4 Å². The van der Waals surface area contributed by atoms with E-state index in [2.05, 4.69) is 10.4 Å². The summed E-state index contributed by atoms with van der Waals surface area (Å²) in [5, 5.41) is 21.6. The Morgan fingerprint density at radius 3 is 2.77 bits per heavy atom. The second-order valence-electron chi connectivity index (χ2n) is 7.35. The normalized spacial score (nSPS) is 32.0. The number of aliphatic hydroxyl groups is 1. The Kier molecular flexibility index (Phi) is 5.43. The van der Waals surface area contributed by atoms with Crippen LogP contribution >= 0.6 is 11.8 Å². The first-order chi connectivity index (χ1) is 12.2. The number of fused-ring (bicyclic) bond motifs is 1. The molecule has 5 unspecified atom stereocenters. The molecular formula is C17H26N4O4S. The van der Waals surface area contributed by atoms with Crippen LogP contribution in [0, 0.1) is 11.8 Å². The van der Waals surface area contributed by atoms with Crippen LogP contribution in [0.15, 0.2) is 15.6 Å². The van der Waals surface area contributed by atoms with Gasteiger partial charge in [0.1, 0.15) is 5.70 Å². The van der Waals surface area contributed by atoms with E-state index >= 15 is 0 Å². The van der Waals surface area contributed by atoms with Gasteiger partial charge in [-0.3, -0.25) is 20.2 Å². The number of nitrogens with one attached hydrogen (secondary N) is 1. The number of aliphatic imine (C=N–C) groups is 1. The third-order valence-electron chi connectivity index (χ3n) is 5.19. The first kappa shape index (κ1) is 19.3. The average molecular weight is 382 g/mol. The third-order valence-corrected chi connectivity index (χ3v) is 6.65. The van der Waals surface area contributed by atoms with Gasteiger partial charge in [-0.1, -0.05) is 6.92 Å². The van der Waals surface area contributed by atoms with Gasteiger partial charge in [0.2, 0.25) is 5.91 Å². The average Bonchev–Trinajstić information content (AvgIpc) is 3.08. The van der Waals surface area contributed by atoms with Gasteiger partial charge in [-0.2, -0.15) is 0 Å². The summed E-state index contributed by atoms with van der Waals surface area (Å²) in [5.41, 5.74) is 4.35. The number of carboxylic acids is 1. The highest BCUT2D eigenvalue weighted by atomic mass is 32.2. The van der Waals surface area contributed by atoms with Gasteiger partial charge in [0.15, 0.2) is 0 Å². The first-order valence-corrected chi connectivity index (χ1v) is 9.68. The molecule has 0 aromatic rings. The molecule has 1 amide bonds. The van der Waals surface area contributed by atoms with E-state index in [4.69, 9.17) is 0 Å². The van der Waals surface area contributed by atoms with E-state index in [1.54, 1.807) is 6.92 Å². The van der Waals surface area contributed by atoms with Gasteiger partial charge in [-0.15, -0.1) is 11.8 Å². The SMILES string of the molecule is CC(O)C1C(=O)N2C(C(=O)O)=C(SC3CN=C(CNN(C)C)C3)C(C)C12. The number of aliphatic carboxylic acids is 1. The lowest BCUT2D eigenvalue weighted by Gasteiger charge is -2.46. The van der Waals surface area contributed by atoms with Crippen molar-refractivity contribution in [2.45, 2.75) is 37.7 Å². The van der Waals surface area contributed by atoms with Gasteiger partial charge in [0.05, 0.1) is 24.6 Å². The molecule has 0 aromatic heterocycles. The van der Waals surface area contributed by atoms with Crippen LogP contribution < -0.4 is 5.43 Å².